The van der Waals surface area contributed by atoms with Gasteiger partial charge in [-0.1, -0.05) is 17.7 Å². The third-order valence-corrected chi connectivity index (χ3v) is 3.70. The van der Waals surface area contributed by atoms with Gasteiger partial charge >= 0.3 is 5.97 Å². The molecule has 0 bridgehead atoms. The second kappa shape index (κ2) is 7.31. The van der Waals surface area contributed by atoms with Gasteiger partial charge in [-0.25, -0.2) is 8.78 Å². The van der Waals surface area contributed by atoms with Gasteiger partial charge in [-0.15, -0.1) is 0 Å². The van der Waals surface area contributed by atoms with Gasteiger partial charge in [-0.3, -0.25) is 4.79 Å². The Morgan fingerprint density at radius 2 is 2.10 bits per heavy atom. The molecule has 3 nitrogen and oxygen atoms in total. The van der Waals surface area contributed by atoms with Crippen LogP contribution in [0, 0.1) is 11.6 Å². The minimum Gasteiger partial charge on any atom is -0.480 e. The number of aliphatic carboxylic acids is 1. The van der Waals surface area contributed by atoms with Crippen LogP contribution < -0.4 is 5.32 Å². The van der Waals surface area contributed by atoms with Gasteiger partial charge in [-0.05, 0) is 56.3 Å². The third-order valence-electron chi connectivity index (χ3n) is 3.70. The standard InChI is InChI=1S/C16H19F2NO2/c17-13-7-6-12(10-14(13)18)15(16(20)21)19-9-8-11-4-2-1-3-5-11/h4,6-7,10,15,19H,1-3,5,8-9H2,(H,20,21). The van der Waals surface area contributed by atoms with Crippen LogP contribution in [0.25, 0.3) is 0 Å². The van der Waals surface area contributed by atoms with Crippen LogP contribution in [0.3, 0.4) is 0 Å². The highest BCUT2D eigenvalue weighted by Crippen LogP contribution is 2.21. The van der Waals surface area contributed by atoms with E-state index in [1.807, 2.05) is 0 Å². The molecule has 1 aromatic carbocycles. The summed E-state index contributed by atoms with van der Waals surface area (Å²) >= 11 is 0. The summed E-state index contributed by atoms with van der Waals surface area (Å²) < 4.78 is 26.1. The first-order chi connectivity index (χ1) is 10.1. The molecule has 0 amide bonds. The van der Waals surface area contributed by atoms with E-state index in [1.165, 1.54) is 24.5 Å². The molecule has 2 rings (SSSR count). The molecule has 21 heavy (non-hydrogen) atoms. The Hall–Kier alpha value is -1.75. The van der Waals surface area contributed by atoms with E-state index < -0.39 is 23.6 Å². The van der Waals surface area contributed by atoms with E-state index in [0.717, 1.165) is 31.4 Å². The van der Waals surface area contributed by atoms with Gasteiger partial charge in [0, 0.05) is 0 Å². The fourth-order valence-corrected chi connectivity index (χ4v) is 2.55. The largest absolute Gasteiger partial charge is 0.480 e. The number of halogens is 2. The van der Waals surface area contributed by atoms with E-state index >= 15 is 0 Å². The average molecular weight is 295 g/mol. The van der Waals surface area contributed by atoms with Crippen LogP contribution in [-0.2, 0) is 4.79 Å². The maximum absolute atomic E-state index is 13.2. The maximum Gasteiger partial charge on any atom is 0.325 e. The SMILES string of the molecule is O=C(O)C(NCCC1=CCCCC1)c1ccc(F)c(F)c1. The van der Waals surface area contributed by atoms with Crippen LogP contribution in [0.1, 0.15) is 43.7 Å². The van der Waals surface area contributed by atoms with E-state index in [9.17, 15) is 18.7 Å². The number of carboxylic acid groups (broad SMARTS) is 1. The number of nitrogens with one attached hydrogen (secondary N) is 1. The maximum atomic E-state index is 13.2. The molecular formula is C16H19F2NO2. The molecule has 0 saturated carbocycles. The molecule has 0 aliphatic heterocycles. The molecule has 1 unspecified atom stereocenters. The molecule has 1 atom stereocenters. The zero-order chi connectivity index (χ0) is 15.2. The Morgan fingerprint density at radius 1 is 1.29 bits per heavy atom. The molecule has 1 aromatic rings. The van der Waals surface area contributed by atoms with Crippen molar-refractivity contribution < 1.29 is 18.7 Å². The minimum absolute atomic E-state index is 0.221. The van der Waals surface area contributed by atoms with Crippen LogP contribution in [0.15, 0.2) is 29.8 Å². The van der Waals surface area contributed by atoms with Gasteiger partial charge < -0.3 is 10.4 Å². The van der Waals surface area contributed by atoms with Crippen molar-refractivity contribution in [3.8, 4) is 0 Å². The molecule has 0 spiro atoms. The van der Waals surface area contributed by atoms with Crippen LogP contribution in [-0.4, -0.2) is 17.6 Å². The topological polar surface area (TPSA) is 49.3 Å². The lowest BCUT2D eigenvalue weighted by molar-refractivity contribution is -0.139. The number of allylic oxidation sites excluding steroid dienone is 1. The zero-order valence-corrected chi connectivity index (χ0v) is 11.7. The number of carbonyl (C=O) groups is 1. The Kier molecular flexibility index (Phi) is 5.44. The Labute approximate surface area is 122 Å². The summed E-state index contributed by atoms with van der Waals surface area (Å²) in [7, 11) is 0. The second-order valence-corrected chi connectivity index (χ2v) is 5.26. The van der Waals surface area contributed by atoms with Gasteiger partial charge in [-0.2, -0.15) is 0 Å². The molecule has 0 radical (unpaired) electrons. The fraction of sp³-hybridized carbons (Fsp3) is 0.438. The fourth-order valence-electron chi connectivity index (χ4n) is 2.55. The highest BCUT2D eigenvalue weighted by molar-refractivity contribution is 5.75. The molecular weight excluding hydrogens is 276 g/mol. The molecule has 114 valence electrons. The quantitative estimate of drug-likeness (QED) is 0.789. The summed E-state index contributed by atoms with van der Waals surface area (Å²) in [5.74, 6) is -3.11. The van der Waals surface area contributed by atoms with Gasteiger partial charge in [0.05, 0.1) is 0 Å². The Balaban J connectivity index is 1.97. The molecule has 1 aliphatic rings. The van der Waals surface area contributed by atoms with Gasteiger partial charge in [0.1, 0.15) is 6.04 Å². The summed E-state index contributed by atoms with van der Waals surface area (Å²) in [6.07, 6.45) is 7.53. The number of hydrogen-bond acceptors (Lipinski definition) is 2. The second-order valence-electron chi connectivity index (χ2n) is 5.26. The molecule has 2 N–H and O–H groups in total. The lowest BCUT2D eigenvalue weighted by Gasteiger charge is -2.17. The average Bonchev–Trinajstić information content (AvgIpc) is 2.47. The first-order valence-corrected chi connectivity index (χ1v) is 7.17. The normalized spacial score (nSPS) is 16.4. The minimum atomic E-state index is -1.10. The lowest BCUT2D eigenvalue weighted by atomic mass is 9.97. The first kappa shape index (κ1) is 15.6. The molecule has 0 aromatic heterocycles. The lowest BCUT2D eigenvalue weighted by Crippen LogP contribution is -2.29. The van der Waals surface area contributed by atoms with Crippen molar-refractivity contribution in [1.29, 1.82) is 0 Å². The van der Waals surface area contributed by atoms with E-state index in [1.54, 1.807) is 0 Å². The summed E-state index contributed by atoms with van der Waals surface area (Å²) in [5.41, 5.74) is 1.56. The van der Waals surface area contributed by atoms with Gasteiger partial charge in [0.2, 0.25) is 0 Å². The molecule has 1 aliphatic carbocycles. The Morgan fingerprint density at radius 3 is 2.71 bits per heavy atom. The predicted molar refractivity (Wildman–Crippen MR) is 75.9 cm³/mol. The van der Waals surface area contributed by atoms with E-state index in [0.29, 0.717) is 6.54 Å². The first-order valence-electron chi connectivity index (χ1n) is 7.17. The van der Waals surface area contributed by atoms with Crippen molar-refractivity contribution in [2.24, 2.45) is 0 Å². The van der Waals surface area contributed by atoms with Crippen molar-refractivity contribution in [2.45, 2.75) is 38.1 Å². The summed E-state index contributed by atoms with van der Waals surface area (Å²) in [6, 6.07) is 2.15. The van der Waals surface area contributed by atoms with Crippen LogP contribution >= 0.6 is 0 Å². The molecule has 0 heterocycles. The van der Waals surface area contributed by atoms with Gasteiger partial charge in [0.15, 0.2) is 11.6 Å². The monoisotopic (exact) mass is 295 g/mol. The highest BCUT2D eigenvalue weighted by Gasteiger charge is 2.20. The van der Waals surface area contributed by atoms with E-state index in [4.69, 9.17) is 0 Å². The predicted octanol–water partition coefficient (Wildman–Crippen LogP) is 3.57. The van der Waals surface area contributed by atoms with Gasteiger partial charge in [0.25, 0.3) is 0 Å². The number of benzene rings is 1. The van der Waals surface area contributed by atoms with Crippen molar-refractivity contribution in [1.82, 2.24) is 5.32 Å². The van der Waals surface area contributed by atoms with Crippen molar-refractivity contribution in [3.63, 3.8) is 0 Å². The molecule has 0 fully saturated rings. The van der Waals surface area contributed by atoms with Crippen molar-refractivity contribution >= 4 is 5.97 Å². The van der Waals surface area contributed by atoms with Crippen LogP contribution in [0.4, 0.5) is 8.78 Å². The van der Waals surface area contributed by atoms with Crippen LogP contribution in [0.5, 0.6) is 0 Å². The number of hydrogen-bond donors (Lipinski definition) is 2. The summed E-state index contributed by atoms with van der Waals surface area (Å²) in [4.78, 5) is 11.3. The third kappa shape index (κ3) is 4.36. The van der Waals surface area contributed by atoms with Crippen molar-refractivity contribution in [3.05, 3.63) is 47.0 Å². The van der Waals surface area contributed by atoms with Crippen LogP contribution in [0.2, 0.25) is 0 Å². The number of rotatable bonds is 6. The van der Waals surface area contributed by atoms with E-state index in [2.05, 4.69) is 11.4 Å². The summed E-state index contributed by atoms with van der Waals surface area (Å²) in [5, 5.41) is 12.1. The Bertz CT molecular complexity index is 543. The highest BCUT2D eigenvalue weighted by atomic mass is 19.2. The molecule has 0 saturated heterocycles. The summed E-state index contributed by atoms with van der Waals surface area (Å²) in [6.45, 7) is 0.502. The van der Waals surface area contributed by atoms with E-state index in [-0.39, 0.29) is 5.56 Å². The smallest absolute Gasteiger partial charge is 0.325 e. The van der Waals surface area contributed by atoms with Crippen molar-refractivity contribution in [2.75, 3.05) is 6.54 Å². The number of carboxylic acids is 1. The molecule has 5 heteroatoms. The zero-order valence-electron chi connectivity index (χ0n) is 11.7.